The van der Waals surface area contributed by atoms with E-state index in [1.807, 2.05) is 18.2 Å². The number of halogens is 2. The Kier molecular flexibility index (Phi) is 4.62. The lowest BCUT2D eigenvalue weighted by atomic mass is 10.1. The second-order valence-corrected chi connectivity index (χ2v) is 5.87. The van der Waals surface area contributed by atoms with E-state index in [4.69, 9.17) is 16.3 Å². The molecule has 0 bridgehead atoms. The highest BCUT2D eigenvalue weighted by molar-refractivity contribution is 6.30. The van der Waals surface area contributed by atoms with E-state index in [-0.39, 0.29) is 12.4 Å². The molecule has 1 aliphatic heterocycles. The first-order valence-corrected chi connectivity index (χ1v) is 7.54. The van der Waals surface area contributed by atoms with Gasteiger partial charge in [0.05, 0.1) is 6.61 Å². The van der Waals surface area contributed by atoms with Crippen LogP contribution in [0, 0.1) is 5.82 Å². The van der Waals surface area contributed by atoms with E-state index in [9.17, 15) is 9.50 Å². The Morgan fingerprint density at radius 2 is 2.05 bits per heavy atom. The summed E-state index contributed by atoms with van der Waals surface area (Å²) in [5.41, 5.74) is 2.73. The highest BCUT2D eigenvalue weighted by Gasteiger charge is 2.16. The molecule has 2 aromatic carbocycles. The number of ether oxygens (including phenoxy) is 1. The van der Waals surface area contributed by atoms with Gasteiger partial charge >= 0.3 is 0 Å². The molecule has 0 saturated heterocycles. The molecule has 3 rings (SSSR count). The summed E-state index contributed by atoms with van der Waals surface area (Å²) in [6.45, 7) is 2.62. The van der Waals surface area contributed by atoms with E-state index < -0.39 is 0 Å². The minimum atomic E-state index is -0.323. The zero-order chi connectivity index (χ0) is 15.5. The maximum atomic E-state index is 13.4. The first-order chi connectivity index (χ1) is 10.6. The maximum Gasteiger partial charge on any atom is 0.125 e. The van der Waals surface area contributed by atoms with Crippen LogP contribution in [0.25, 0.3) is 0 Å². The number of aliphatic hydroxyl groups is 1. The quantitative estimate of drug-likeness (QED) is 0.941. The topological polar surface area (TPSA) is 32.7 Å². The van der Waals surface area contributed by atoms with E-state index >= 15 is 0 Å². The van der Waals surface area contributed by atoms with Gasteiger partial charge in [0, 0.05) is 30.2 Å². The predicted octanol–water partition coefficient (Wildman–Crippen LogP) is 3.37. The number of aliphatic hydroxyl groups excluding tert-OH is 1. The summed E-state index contributed by atoms with van der Waals surface area (Å²) in [5.74, 6) is 0.522. The molecular weight excluding hydrogens is 305 g/mol. The lowest BCUT2D eigenvalue weighted by Crippen LogP contribution is -2.25. The largest absolute Gasteiger partial charge is 0.492 e. The van der Waals surface area contributed by atoms with Gasteiger partial charge < -0.3 is 9.84 Å². The normalized spacial score (nSPS) is 15.0. The monoisotopic (exact) mass is 321 g/mol. The zero-order valence-electron chi connectivity index (χ0n) is 12.1. The average molecular weight is 322 g/mol. The average Bonchev–Trinajstić information content (AvgIpc) is 2.66. The van der Waals surface area contributed by atoms with Gasteiger partial charge in [-0.2, -0.15) is 0 Å². The van der Waals surface area contributed by atoms with Crippen LogP contribution < -0.4 is 4.74 Å². The zero-order valence-corrected chi connectivity index (χ0v) is 12.8. The van der Waals surface area contributed by atoms with Crippen molar-refractivity contribution in [3.63, 3.8) is 0 Å². The number of nitrogens with zero attached hydrogens (tertiary/aromatic N) is 1. The second kappa shape index (κ2) is 6.65. The molecule has 3 nitrogen and oxygen atoms in total. The molecule has 0 aromatic heterocycles. The first-order valence-electron chi connectivity index (χ1n) is 7.17. The van der Waals surface area contributed by atoms with Crippen molar-refractivity contribution in [2.24, 2.45) is 0 Å². The van der Waals surface area contributed by atoms with Crippen LogP contribution in [0.2, 0.25) is 5.02 Å². The summed E-state index contributed by atoms with van der Waals surface area (Å²) < 4.78 is 19.2. The lowest BCUT2D eigenvalue weighted by molar-refractivity contribution is 0.219. The SMILES string of the molecule is OCc1ccc2c(c1)CN(Cc1cc(F)cc(Cl)c1)CCO2. The Morgan fingerprint density at radius 3 is 2.82 bits per heavy atom. The van der Waals surface area contributed by atoms with Gasteiger partial charge in [-0.1, -0.05) is 17.7 Å². The Bertz CT molecular complexity index is 657. The van der Waals surface area contributed by atoms with Crippen molar-refractivity contribution < 1.29 is 14.2 Å². The molecule has 22 heavy (non-hydrogen) atoms. The van der Waals surface area contributed by atoms with Gasteiger partial charge in [-0.05, 0) is 41.5 Å². The van der Waals surface area contributed by atoms with E-state index in [1.54, 1.807) is 6.07 Å². The second-order valence-electron chi connectivity index (χ2n) is 5.44. The standard InChI is InChI=1S/C17H17ClFNO2/c18-15-6-13(7-16(19)8-15)9-20-3-4-22-17-2-1-12(11-21)5-14(17)10-20/h1-2,5-8,21H,3-4,9-11H2. The molecule has 0 atom stereocenters. The van der Waals surface area contributed by atoms with Gasteiger partial charge in [0.1, 0.15) is 18.2 Å². The fourth-order valence-electron chi connectivity index (χ4n) is 2.70. The van der Waals surface area contributed by atoms with Crippen LogP contribution >= 0.6 is 11.6 Å². The lowest BCUT2D eigenvalue weighted by Gasteiger charge is -2.19. The highest BCUT2D eigenvalue weighted by atomic mass is 35.5. The fraction of sp³-hybridized carbons (Fsp3) is 0.294. The van der Waals surface area contributed by atoms with Crippen molar-refractivity contribution in [1.82, 2.24) is 4.90 Å². The minimum Gasteiger partial charge on any atom is -0.492 e. The van der Waals surface area contributed by atoms with Crippen LogP contribution in [-0.4, -0.2) is 23.2 Å². The van der Waals surface area contributed by atoms with Crippen molar-refractivity contribution >= 4 is 11.6 Å². The summed E-state index contributed by atoms with van der Waals surface area (Å²) >= 11 is 5.91. The predicted molar refractivity (Wildman–Crippen MR) is 83.4 cm³/mol. The van der Waals surface area contributed by atoms with Gasteiger partial charge in [0.25, 0.3) is 0 Å². The molecule has 1 aliphatic rings. The molecule has 116 valence electrons. The van der Waals surface area contributed by atoms with Gasteiger partial charge in [-0.3, -0.25) is 4.90 Å². The minimum absolute atomic E-state index is 0.00673. The molecule has 1 N–H and O–H groups in total. The fourth-order valence-corrected chi connectivity index (χ4v) is 2.94. The van der Waals surface area contributed by atoms with Crippen LogP contribution in [0.3, 0.4) is 0 Å². The van der Waals surface area contributed by atoms with Crippen LogP contribution in [0.15, 0.2) is 36.4 Å². The molecule has 5 heteroatoms. The molecule has 0 unspecified atom stereocenters. The third-order valence-corrected chi connectivity index (χ3v) is 3.91. The van der Waals surface area contributed by atoms with E-state index in [1.165, 1.54) is 12.1 Å². The Hall–Kier alpha value is -1.62. The van der Waals surface area contributed by atoms with Crippen molar-refractivity contribution in [2.75, 3.05) is 13.2 Å². The van der Waals surface area contributed by atoms with Crippen LogP contribution in [0.5, 0.6) is 5.75 Å². The molecule has 0 fully saturated rings. The number of hydrogen-bond acceptors (Lipinski definition) is 3. The van der Waals surface area contributed by atoms with Crippen molar-refractivity contribution in [1.29, 1.82) is 0 Å². The molecule has 0 aliphatic carbocycles. The molecule has 0 spiro atoms. The summed E-state index contributed by atoms with van der Waals surface area (Å²) in [5, 5.41) is 9.67. The Labute approximate surface area is 133 Å². The van der Waals surface area contributed by atoms with Crippen molar-refractivity contribution in [2.45, 2.75) is 19.7 Å². The van der Waals surface area contributed by atoms with Crippen molar-refractivity contribution in [3.05, 3.63) is 63.9 Å². The summed E-state index contributed by atoms with van der Waals surface area (Å²) in [4.78, 5) is 2.18. The van der Waals surface area contributed by atoms with Crippen molar-refractivity contribution in [3.8, 4) is 5.75 Å². The third-order valence-electron chi connectivity index (χ3n) is 3.70. The number of rotatable bonds is 3. The van der Waals surface area contributed by atoms with Crippen LogP contribution in [0.4, 0.5) is 4.39 Å². The van der Waals surface area contributed by atoms with Gasteiger partial charge in [0.2, 0.25) is 0 Å². The maximum absolute atomic E-state index is 13.4. The Morgan fingerprint density at radius 1 is 1.18 bits per heavy atom. The number of benzene rings is 2. The first kappa shape index (κ1) is 15.3. The summed E-state index contributed by atoms with van der Waals surface area (Å²) in [6.07, 6.45) is 0. The van der Waals surface area contributed by atoms with Gasteiger partial charge in [-0.15, -0.1) is 0 Å². The summed E-state index contributed by atoms with van der Waals surface area (Å²) in [7, 11) is 0. The summed E-state index contributed by atoms with van der Waals surface area (Å²) in [6, 6.07) is 10.3. The van der Waals surface area contributed by atoms with Crippen LogP contribution in [0.1, 0.15) is 16.7 Å². The number of hydrogen-bond donors (Lipinski definition) is 1. The third kappa shape index (κ3) is 3.58. The van der Waals surface area contributed by atoms with E-state index in [0.717, 1.165) is 29.0 Å². The number of fused-ring (bicyclic) bond motifs is 1. The molecule has 0 amide bonds. The molecule has 0 saturated carbocycles. The van der Waals surface area contributed by atoms with E-state index in [0.29, 0.717) is 24.7 Å². The Balaban J connectivity index is 1.80. The van der Waals surface area contributed by atoms with Gasteiger partial charge in [-0.25, -0.2) is 4.39 Å². The smallest absolute Gasteiger partial charge is 0.125 e. The van der Waals surface area contributed by atoms with Crippen LogP contribution in [-0.2, 0) is 19.7 Å². The highest BCUT2D eigenvalue weighted by Crippen LogP contribution is 2.25. The molecular formula is C17H17ClFNO2. The molecule has 0 radical (unpaired) electrons. The molecule has 2 aromatic rings. The van der Waals surface area contributed by atoms with E-state index in [2.05, 4.69) is 4.90 Å². The molecule has 1 heterocycles. The van der Waals surface area contributed by atoms with Gasteiger partial charge in [0.15, 0.2) is 0 Å².